The number of urea groups is 1. The number of benzene rings is 1. The molecule has 2 amide bonds. The van der Waals surface area contributed by atoms with Gasteiger partial charge in [0.05, 0.1) is 18.7 Å². The van der Waals surface area contributed by atoms with E-state index in [1.54, 1.807) is 18.2 Å². The standard InChI is InChI=1S/C14H17ClN2O4/c1-8-6-17(7-10(8)13(18)19)14(20)16-11-5-9(15)3-4-12(11)21-2/h3-5,8,10H,6-7H2,1-2H3,(H,16,20)(H,18,19)/t8-,10-/m1/s1. The molecule has 2 N–H and O–H groups in total. The van der Waals surface area contributed by atoms with E-state index in [-0.39, 0.29) is 18.5 Å². The SMILES string of the molecule is COc1ccc(Cl)cc1NC(=O)N1C[C@@H](C)[C@H](C(=O)O)C1. The van der Waals surface area contributed by atoms with Gasteiger partial charge in [-0.25, -0.2) is 4.79 Å². The second kappa shape index (κ2) is 6.22. The molecule has 114 valence electrons. The zero-order chi connectivity index (χ0) is 15.6. The van der Waals surface area contributed by atoms with Crippen LogP contribution in [0.3, 0.4) is 0 Å². The van der Waals surface area contributed by atoms with Crippen LogP contribution in [0.25, 0.3) is 0 Å². The van der Waals surface area contributed by atoms with Gasteiger partial charge in [-0.2, -0.15) is 0 Å². The fraction of sp³-hybridized carbons (Fsp3) is 0.429. The number of anilines is 1. The van der Waals surface area contributed by atoms with Crippen molar-refractivity contribution in [2.45, 2.75) is 6.92 Å². The van der Waals surface area contributed by atoms with E-state index in [4.69, 9.17) is 21.4 Å². The van der Waals surface area contributed by atoms with E-state index in [9.17, 15) is 9.59 Å². The second-order valence-electron chi connectivity index (χ2n) is 5.10. The zero-order valence-corrected chi connectivity index (χ0v) is 12.6. The van der Waals surface area contributed by atoms with Crippen LogP contribution in [-0.4, -0.2) is 42.2 Å². The molecule has 1 fully saturated rings. The maximum atomic E-state index is 12.2. The number of likely N-dealkylation sites (tertiary alicyclic amines) is 1. The quantitative estimate of drug-likeness (QED) is 0.899. The predicted molar refractivity (Wildman–Crippen MR) is 78.9 cm³/mol. The number of methoxy groups -OCH3 is 1. The Morgan fingerprint density at radius 1 is 1.43 bits per heavy atom. The van der Waals surface area contributed by atoms with Crippen LogP contribution >= 0.6 is 11.6 Å². The molecule has 0 unspecified atom stereocenters. The highest BCUT2D eigenvalue weighted by Gasteiger charge is 2.37. The van der Waals surface area contributed by atoms with Gasteiger partial charge >= 0.3 is 12.0 Å². The van der Waals surface area contributed by atoms with Crippen LogP contribution in [0.2, 0.25) is 5.02 Å². The summed E-state index contributed by atoms with van der Waals surface area (Å²) in [7, 11) is 1.50. The molecular weight excluding hydrogens is 296 g/mol. The van der Waals surface area contributed by atoms with Crippen molar-refractivity contribution in [3.05, 3.63) is 23.2 Å². The third-order valence-electron chi connectivity index (χ3n) is 3.62. The van der Waals surface area contributed by atoms with Crippen molar-refractivity contribution in [3.63, 3.8) is 0 Å². The number of nitrogens with one attached hydrogen (secondary N) is 1. The summed E-state index contributed by atoms with van der Waals surface area (Å²) in [5.74, 6) is -0.987. The smallest absolute Gasteiger partial charge is 0.321 e. The molecule has 0 aliphatic carbocycles. The van der Waals surface area contributed by atoms with E-state index in [1.807, 2.05) is 6.92 Å². The summed E-state index contributed by atoms with van der Waals surface area (Å²) in [6, 6.07) is 4.55. The lowest BCUT2D eigenvalue weighted by Gasteiger charge is -2.18. The van der Waals surface area contributed by atoms with Crippen molar-refractivity contribution in [3.8, 4) is 5.75 Å². The highest BCUT2D eigenvalue weighted by molar-refractivity contribution is 6.31. The predicted octanol–water partition coefficient (Wildman–Crippen LogP) is 2.53. The van der Waals surface area contributed by atoms with Crippen molar-refractivity contribution < 1.29 is 19.4 Å². The number of halogens is 1. The molecule has 1 aliphatic rings. The Kier molecular flexibility index (Phi) is 4.57. The van der Waals surface area contributed by atoms with Gasteiger partial charge in [-0.1, -0.05) is 18.5 Å². The van der Waals surface area contributed by atoms with Crippen LogP contribution in [0.15, 0.2) is 18.2 Å². The van der Waals surface area contributed by atoms with Gasteiger partial charge in [-0.15, -0.1) is 0 Å². The Morgan fingerprint density at radius 3 is 2.71 bits per heavy atom. The molecule has 1 aliphatic heterocycles. The van der Waals surface area contributed by atoms with E-state index in [2.05, 4.69) is 5.32 Å². The normalized spacial score (nSPS) is 21.2. The molecule has 1 saturated heterocycles. The first-order valence-corrected chi connectivity index (χ1v) is 6.92. The van der Waals surface area contributed by atoms with Gasteiger partial charge in [0.1, 0.15) is 5.75 Å². The Morgan fingerprint density at radius 2 is 2.14 bits per heavy atom. The Balaban J connectivity index is 2.09. The highest BCUT2D eigenvalue weighted by Crippen LogP contribution is 2.29. The average molecular weight is 313 g/mol. The second-order valence-corrected chi connectivity index (χ2v) is 5.54. The number of hydrogen-bond donors (Lipinski definition) is 2. The summed E-state index contributed by atoms with van der Waals surface area (Å²) in [5, 5.41) is 12.3. The van der Waals surface area contributed by atoms with Crippen LogP contribution in [0.1, 0.15) is 6.92 Å². The van der Waals surface area contributed by atoms with Crippen LogP contribution in [0.4, 0.5) is 10.5 Å². The molecule has 0 spiro atoms. The number of carbonyl (C=O) groups is 2. The summed E-state index contributed by atoms with van der Waals surface area (Å²) < 4.78 is 5.16. The fourth-order valence-electron chi connectivity index (χ4n) is 2.43. The Labute approximate surface area is 127 Å². The Hall–Kier alpha value is -1.95. The number of nitrogens with zero attached hydrogens (tertiary/aromatic N) is 1. The van der Waals surface area contributed by atoms with Crippen molar-refractivity contribution in [1.82, 2.24) is 4.90 Å². The molecule has 1 heterocycles. The zero-order valence-electron chi connectivity index (χ0n) is 11.8. The van der Waals surface area contributed by atoms with Gasteiger partial charge in [-0.05, 0) is 24.1 Å². The van der Waals surface area contributed by atoms with Crippen LogP contribution in [-0.2, 0) is 4.79 Å². The summed E-state index contributed by atoms with van der Waals surface area (Å²) in [4.78, 5) is 24.8. The number of hydrogen-bond acceptors (Lipinski definition) is 3. The number of aliphatic carboxylic acids is 1. The maximum absolute atomic E-state index is 12.2. The molecule has 0 aromatic heterocycles. The molecule has 21 heavy (non-hydrogen) atoms. The molecule has 0 radical (unpaired) electrons. The monoisotopic (exact) mass is 312 g/mol. The van der Waals surface area contributed by atoms with E-state index in [0.29, 0.717) is 23.0 Å². The minimum Gasteiger partial charge on any atom is -0.495 e. The number of carboxylic acids is 1. The van der Waals surface area contributed by atoms with Gasteiger partial charge in [0.15, 0.2) is 0 Å². The third kappa shape index (κ3) is 3.39. The number of carbonyl (C=O) groups excluding carboxylic acids is 1. The molecular formula is C14H17ClN2O4. The first-order valence-electron chi connectivity index (χ1n) is 6.54. The van der Waals surface area contributed by atoms with E-state index in [1.165, 1.54) is 12.0 Å². The van der Waals surface area contributed by atoms with E-state index in [0.717, 1.165) is 0 Å². The van der Waals surface area contributed by atoms with Gasteiger partial charge in [0.2, 0.25) is 0 Å². The van der Waals surface area contributed by atoms with Crippen molar-refractivity contribution in [2.24, 2.45) is 11.8 Å². The summed E-state index contributed by atoms with van der Waals surface area (Å²) in [6.07, 6.45) is 0. The van der Waals surface area contributed by atoms with Crippen LogP contribution in [0, 0.1) is 11.8 Å². The minimum absolute atomic E-state index is 0.0745. The lowest BCUT2D eigenvalue weighted by atomic mass is 9.99. The first kappa shape index (κ1) is 15.4. The maximum Gasteiger partial charge on any atom is 0.321 e. The molecule has 2 rings (SSSR count). The lowest BCUT2D eigenvalue weighted by molar-refractivity contribution is -0.142. The number of carboxylic acid groups (broad SMARTS) is 1. The summed E-state index contributed by atoms with van der Waals surface area (Å²) in [6.45, 7) is 2.43. The average Bonchev–Trinajstić information content (AvgIpc) is 2.81. The molecule has 2 atom stereocenters. The molecule has 1 aromatic rings. The lowest BCUT2D eigenvalue weighted by Crippen LogP contribution is -2.34. The largest absolute Gasteiger partial charge is 0.495 e. The van der Waals surface area contributed by atoms with Crippen LogP contribution in [0.5, 0.6) is 5.75 Å². The molecule has 6 nitrogen and oxygen atoms in total. The fourth-order valence-corrected chi connectivity index (χ4v) is 2.60. The highest BCUT2D eigenvalue weighted by atomic mass is 35.5. The van der Waals surface area contributed by atoms with Crippen molar-refractivity contribution in [2.75, 3.05) is 25.5 Å². The number of ether oxygens (including phenoxy) is 1. The van der Waals surface area contributed by atoms with Crippen molar-refractivity contribution in [1.29, 1.82) is 0 Å². The van der Waals surface area contributed by atoms with E-state index >= 15 is 0 Å². The number of rotatable bonds is 3. The Bertz CT molecular complexity index is 564. The van der Waals surface area contributed by atoms with Gasteiger partial charge in [0.25, 0.3) is 0 Å². The van der Waals surface area contributed by atoms with E-state index < -0.39 is 11.9 Å². The third-order valence-corrected chi connectivity index (χ3v) is 3.85. The summed E-state index contributed by atoms with van der Waals surface area (Å²) >= 11 is 5.91. The number of amides is 2. The molecule has 0 saturated carbocycles. The minimum atomic E-state index is -0.877. The van der Waals surface area contributed by atoms with Gasteiger partial charge in [0, 0.05) is 18.1 Å². The van der Waals surface area contributed by atoms with Gasteiger partial charge in [-0.3, -0.25) is 4.79 Å². The van der Waals surface area contributed by atoms with Crippen molar-refractivity contribution >= 4 is 29.3 Å². The van der Waals surface area contributed by atoms with Gasteiger partial charge < -0.3 is 20.1 Å². The molecule has 1 aromatic carbocycles. The van der Waals surface area contributed by atoms with Crippen LogP contribution < -0.4 is 10.1 Å². The first-order chi connectivity index (χ1) is 9.92. The molecule has 7 heteroatoms. The summed E-state index contributed by atoms with van der Waals surface area (Å²) in [5.41, 5.74) is 0.460. The molecule has 0 bridgehead atoms. The topological polar surface area (TPSA) is 78.9 Å².